The molecule has 0 aliphatic carbocycles. The van der Waals surface area contributed by atoms with Crippen molar-refractivity contribution in [1.29, 1.82) is 0 Å². The molecule has 0 fully saturated rings. The maximum atomic E-state index is 12.2. The molecule has 7 nitrogen and oxygen atoms in total. The number of carbonyl (C=O) groups excluding carboxylic acids is 1. The summed E-state index contributed by atoms with van der Waals surface area (Å²) in [7, 11) is 0. The van der Waals surface area contributed by atoms with Gasteiger partial charge in [-0.25, -0.2) is 9.78 Å². The zero-order chi connectivity index (χ0) is 20.4. The second-order valence-electron chi connectivity index (χ2n) is 7.70. The number of esters is 1. The molecule has 0 bridgehead atoms. The average molecular weight is 396 g/mol. The molecule has 0 aliphatic heterocycles. The van der Waals surface area contributed by atoms with Gasteiger partial charge in [-0.1, -0.05) is 20.3 Å². The minimum absolute atomic E-state index is 0.0498. The number of carboxylic acids is 1. The van der Waals surface area contributed by atoms with E-state index in [0.29, 0.717) is 17.5 Å². The monoisotopic (exact) mass is 395 g/mol. The summed E-state index contributed by atoms with van der Waals surface area (Å²) in [4.78, 5) is 32.2. The van der Waals surface area contributed by atoms with Crippen LogP contribution >= 0.6 is 11.6 Å². The van der Waals surface area contributed by atoms with Gasteiger partial charge in [-0.15, -0.1) is 0 Å². The summed E-state index contributed by atoms with van der Waals surface area (Å²) < 4.78 is 7.06. The van der Waals surface area contributed by atoms with Crippen LogP contribution in [-0.2, 0) is 9.53 Å². The quantitative estimate of drug-likeness (QED) is 0.548. The molecule has 8 heteroatoms. The summed E-state index contributed by atoms with van der Waals surface area (Å²) in [6, 6.07) is 1.30. The van der Waals surface area contributed by atoms with Crippen molar-refractivity contribution in [2.45, 2.75) is 65.5 Å². The highest BCUT2D eigenvalue weighted by Crippen LogP contribution is 2.33. The molecule has 2 rings (SSSR count). The molecule has 1 unspecified atom stereocenters. The highest BCUT2D eigenvalue weighted by atomic mass is 35.5. The van der Waals surface area contributed by atoms with E-state index >= 15 is 0 Å². The van der Waals surface area contributed by atoms with E-state index in [-0.39, 0.29) is 35.3 Å². The van der Waals surface area contributed by atoms with Crippen LogP contribution in [0.15, 0.2) is 12.3 Å². The zero-order valence-electron chi connectivity index (χ0n) is 16.3. The van der Waals surface area contributed by atoms with E-state index in [2.05, 4.69) is 9.97 Å². The molecular formula is C19H26ClN3O4. The van der Waals surface area contributed by atoms with Gasteiger partial charge in [0, 0.05) is 24.0 Å². The van der Waals surface area contributed by atoms with E-state index in [1.54, 1.807) is 4.57 Å². The van der Waals surface area contributed by atoms with E-state index in [9.17, 15) is 14.7 Å². The lowest BCUT2D eigenvalue weighted by molar-refractivity contribution is -0.155. The summed E-state index contributed by atoms with van der Waals surface area (Å²) in [6.45, 7) is 9.51. The first-order valence-corrected chi connectivity index (χ1v) is 9.40. The van der Waals surface area contributed by atoms with Gasteiger partial charge in [-0.2, -0.15) is 4.98 Å². The van der Waals surface area contributed by atoms with Gasteiger partial charge in [-0.3, -0.25) is 4.79 Å². The number of aromatic carboxylic acids is 1. The van der Waals surface area contributed by atoms with Crippen molar-refractivity contribution >= 4 is 34.6 Å². The second-order valence-corrected chi connectivity index (χ2v) is 8.04. The third-order valence-corrected chi connectivity index (χ3v) is 4.64. The highest BCUT2D eigenvalue weighted by molar-refractivity contribution is 6.28. The fraction of sp³-hybridized carbons (Fsp3) is 0.579. The molecule has 0 amide bonds. The van der Waals surface area contributed by atoms with E-state index in [0.717, 1.165) is 6.42 Å². The van der Waals surface area contributed by atoms with Gasteiger partial charge in [0.05, 0.1) is 0 Å². The Labute approximate surface area is 163 Å². The third kappa shape index (κ3) is 5.19. The number of halogens is 1. The Bertz CT molecular complexity index is 841. The lowest BCUT2D eigenvalue weighted by Crippen LogP contribution is -2.26. The number of nitrogens with zero attached hydrogens (tertiary/aromatic N) is 3. The first-order valence-electron chi connectivity index (χ1n) is 9.02. The number of hydrogen-bond acceptors (Lipinski definition) is 5. The Morgan fingerprint density at radius 2 is 2.04 bits per heavy atom. The maximum Gasteiger partial charge on any atom is 0.352 e. The number of hydrogen-bond donors (Lipinski definition) is 1. The first kappa shape index (κ1) is 21.2. The van der Waals surface area contributed by atoms with Crippen molar-refractivity contribution in [3.8, 4) is 0 Å². The summed E-state index contributed by atoms with van der Waals surface area (Å²) in [5, 5.41) is 10.3. The van der Waals surface area contributed by atoms with Crippen molar-refractivity contribution in [2.24, 2.45) is 5.92 Å². The molecule has 27 heavy (non-hydrogen) atoms. The molecule has 0 aliphatic rings. The lowest BCUT2D eigenvalue weighted by atomic mass is 9.94. The topological polar surface area (TPSA) is 94.3 Å². The van der Waals surface area contributed by atoms with E-state index < -0.39 is 11.6 Å². The molecule has 0 spiro atoms. The lowest BCUT2D eigenvalue weighted by Gasteiger charge is -2.27. The molecule has 2 aromatic heterocycles. The van der Waals surface area contributed by atoms with Crippen LogP contribution < -0.4 is 0 Å². The minimum Gasteiger partial charge on any atom is -0.477 e. The highest BCUT2D eigenvalue weighted by Gasteiger charge is 2.28. The SMILES string of the molecule is CCC(C)[C@@H](CCC(=O)OC(C)(C)C)n1c(C(=O)O)cc2cnc(Cl)nc21. The molecule has 2 heterocycles. The van der Waals surface area contributed by atoms with Crippen molar-refractivity contribution in [1.82, 2.24) is 14.5 Å². The van der Waals surface area contributed by atoms with Crippen LogP contribution in [0, 0.1) is 5.92 Å². The predicted molar refractivity (Wildman–Crippen MR) is 103 cm³/mol. The first-order chi connectivity index (χ1) is 12.5. The van der Waals surface area contributed by atoms with Gasteiger partial charge in [0.1, 0.15) is 16.9 Å². The Hall–Kier alpha value is -2.15. The summed E-state index contributed by atoms with van der Waals surface area (Å²) in [5.41, 5.74) is 0.00809. The van der Waals surface area contributed by atoms with Crippen molar-refractivity contribution in [3.05, 3.63) is 23.2 Å². The molecule has 2 aromatic rings. The summed E-state index contributed by atoms with van der Waals surface area (Å²) in [6.07, 6.45) is 2.95. The molecule has 0 saturated carbocycles. The predicted octanol–water partition coefficient (Wildman–Crippen LogP) is 4.49. The number of aromatic nitrogens is 3. The number of carbonyl (C=O) groups is 2. The van der Waals surface area contributed by atoms with E-state index in [4.69, 9.17) is 16.3 Å². The molecule has 2 atom stereocenters. The van der Waals surface area contributed by atoms with Crippen LogP contribution in [0.3, 0.4) is 0 Å². The van der Waals surface area contributed by atoms with Gasteiger partial charge in [0.25, 0.3) is 0 Å². The summed E-state index contributed by atoms with van der Waals surface area (Å²) >= 11 is 5.94. The largest absolute Gasteiger partial charge is 0.477 e. The van der Waals surface area contributed by atoms with Crippen LogP contribution in [0.2, 0.25) is 5.28 Å². The Balaban J connectivity index is 2.44. The van der Waals surface area contributed by atoms with Gasteiger partial charge in [0.15, 0.2) is 0 Å². The molecule has 148 valence electrons. The molecular weight excluding hydrogens is 370 g/mol. The van der Waals surface area contributed by atoms with Gasteiger partial charge < -0.3 is 14.4 Å². The van der Waals surface area contributed by atoms with Crippen molar-refractivity contribution in [2.75, 3.05) is 0 Å². The molecule has 1 N–H and O–H groups in total. The van der Waals surface area contributed by atoms with Gasteiger partial charge in [-0.05, 0) is 50.8 Å². The third-order valence-electron chi connectivity index (χ3n) is 4.46. The number of carboxylic acid groups (broad SMARTS) is 1. The number of ether oxygens (including phenoxy) is 1. The van der Waals surface area contributed by atoms with Gasteiger partial charge >= 0.3 is 11.9 Å². The second kappa shape index (κ2) is 8.25. The van der Waals surface area contributed by atoms with Crippen molar-refractivity contribution in [3.63, 3.8) is 0 Å². The number of fused-ring (bicyclic) bond motifs is 1. The molecule has 0 saturated heterocycles. The fourth-order valence-corrected chi connectivity index (χ4v) is 3.21. The van der Waals surface area contributed by atoms with Crippen LogP contribution in [-0.4, -0.2) is 37.2 Å². The maximum absolute atomic E-state index is 12.2. The molecule has 0 radical (unpaired) electrons. The van der Waals surface area contributed by atoms with Crippen LogP contribution in [0.25, 0.3) is 11.0 Å². The Kier molecular flexibility index (Phi) is 6.46. The van der Waals surface area contributed by atoms with E-state index in [1.807, 2.05) is 34.6 Å². The average Bonchev–Trinajstić information content (AvgIpc) is 2.92. The van der Waals surface area contributed by atoms with Gasteiger partial charge in [0.2, 0.25) is 5.28 Å². The van der Waals surface area contributed by atoms with Crippen LogP contribution in [0.4, 0.5) is 0 Å². The smallest absolute Gasteiger partial charge is 0.352 e. The number of rotatable bonds is 7. The Morgan fingerprint density at radius 3 is 2.59 bits per heavy atom. The van der Waals surface area contributed by atoms with E-state index in [1.165, 1.54) is 12.3 Å². The fourth-order valence-electron chi connectivity index (χ4n) is 3.09. The normalized spacial score (nSPS) is 14.1. The standard InChI is InChI=1S/C19H26ClN3O4/c1-6-11(2)13(7-8-15(24)27-19(3,4)5)23-14(17(25)26)9-12-10-21-18(20)22-16(12)23/h9-11,13H,6-8H2,1-5H3,(H,25,26)/t11?,13-/m1/s1. The van der Waals surface area contributed by atoms with Crippen molar-refractivity contribution < 1.29 is 19.4 Å². The Morgan fingerprint density at radius 1 is 1.37 bits per heavy atom. The van der Waals surface area contributed by atoms with Crippen LogP contribution in [0.1, 0.15) is 70.4 Å². The van der Waals surface area contributed by atoms with Crippen LogP contribution in [0.5, 0.6) is 0 Å². The zero-order valence-corrected chi connectivity index (χ0v) is 17.1. The summed E-state index contributed by atoms with van der Waals surface area (Å²) in [5.74, 6) is -1.25. The molecule has 0 aromatic carbocycles. The minimum atomic E-state index is -1.06.